The minimum Gasteiger partial charge on any atom is -0.365 e. The van der Waals surface area contributed by atoms with Gasteiger partial charge in [-0.2, -0.15) is 5.10 Å². The van der Waals surface area contributed by atoms with Crippen molar-refractivity contribution < 1.29 is 26.7 Å². The van der Waals surface area contributed by atoms with Crippen LogP contribution in [0.25, 0.3) is 22.4 Å². The number of halogens is 5. The van der Waals surface area contributed by atoms with Crippen LogP contribution < -0.4 is 5.73 Å². The average Bonchev–Trinajstić information content (AvgIpc) is 2.98. The van der Waals surface area contributed by atoms with Gasteiger partial charge in [0.05, 0.1) is 11.3 Å². The molecule has 0 aliphatic heterocycles. The third-order valence-corrected chi connectivity index (χ3v) is 4.03. The molecule has 27 heavy (non-hydrogen) atoms. The Morgan fingerprint density at radius 2 is 1.63 bits per heavy atom. The molecule has 4 nitrogen and oxygen atoms in total. The first-order chi connectivity index (χ1) is 12.7. The standard InChI is InChI=1S/C18H12F5N3O/c1-26-16(12(18(24)27)15(25-26)17(22)23)10-5-3-2-4-8(10)9-6-7-11(19)14(21)13(9)20/h2-7,17H,1H3,(H2,24,27). The molecule has 0 saturated carbocycles. The van der Waals surface area contributed by atoms with Crippen molar-refractivity contribution in [3.8, 4) is 22.4 Å². The third-order valence-electron chi connectivity index (χ3n) is 4.03. The van der Waals surface area contributed by atoms with Gasteiger partial charge in [0.25, 0.3) is 12.3 Å². The maximum absolute atomic E-state index is 14.3. The molecule has 140 valence electrons. The van der Waals surface area contributed by atoms with Gasteiger partial charge in [0.2, 0.25) is 0 Å². The summed E-state index contributed by atoms with van der Waals surface area (Å²) in [4.78, 5) is 11.8. The molecule has 3 rings (SSSR count). The largest absolute Gasteiger partial charge is 0.365 e. The van der Waals surface area contributed by atoms with Gasteiger partial charge in [-0.1, -0.05) is 24.3 Å². The fourth-order valence-electron chi connectivity index (χ4n) is 2.91. The second kappa shape index (κ2) is 6.82. The number of hydrogen-bond acceptors (Lipinski definition) is 2. The summed E-state index contributed by atoms with van der Waals surface area (Å²) in [5.41, 5.74) is 3.69. The van der Waals surface area contributed by atoms with Crippen molar-refractivity contribution in [2.75, 3.05) is 0 Å². The topological polar surface area (TPSA) is 60.9 Å². The summed E-state index contributed by atoms with van der Waals surface area (Å²) >= 11 is 0. The summed E-state index contributed by atoms with van der Waals surface area (Å²) in [5.74, 6) is -5.63. The highest BCUT2D eigenvalue weighted by atomic mass is 19.3. The van der Waals surface area contributed by atoms with E-state index < -0.39 is 41.0 Å². The molecule has 9 heteroatoms. The molecule has 0 fully saturated rings. The maximum atomic E-state index is 14.3. The van der Waals surface area contributed by atoms with Crippen molar-refractivity contribution in [1.29, 1.82) is 0 Å². The van der Waals surface area contributed by atoms with Gasteiger partial charge in [0, 0.05) is 18.2 Å². The first-order valence-electron chi connectivity index (χ1n) is 7.62. The Labute approximate surface area is 150 Å². The Morgan fingerprint density at radius 1 is 1.00 bits per heavy atom. The van der Waals surface area contributed by atoms with Crippen LogP contribution in [0, 0.1) is 17.5 Å². The van der Waals surface area contributed by atoms with Crippen molar-refractivity contribution in [3.63, 3.8) is 0 Å². The number of primary amides is 1. The zero-order chi connectivity index (χ0) is 19.9. The van der Waals surface area contributed by atoms with E-state index in [0.717, 1.165) is 16.8 Å². The van der Waals surface area contributed by atoms with Gasteiger partial charge in [-0.15, -0.1) is 0 Å². The van der Waals surface area contributed by atoms with Crippen LogP contribution in [-0.4, -0.2) is 15.7 Å². The molecule has 3 aromatic rings. The Morgan fingerprint density at radius 3 is 2.22 bits per heavy atom. The monoisotopic (exact) mass is 381 g/mol. The average molecular weight is 381 g/mol. The smallest absolute Gasteiger partial charge is 0.282 e. The molecular weight excluding hydrogens is 369 g/mol. The minimum atomic E-state index is -3.07. The number of benzene rings is 2. The Kier molecular flexibility index (Phi) is 4.69. The van der Waals surface area contributed by atoms with Crippen LogP contribution in [0.15, 0.2) is 36.4 Å². The maximum Gasteiger partial charge on any atom is 0.282 e. The SMILES string of the molecule is Cn1nc(C(F)F)c(C(N)=O)c1-c1ccccc1-c1ccc(F)c(F)c1F. The molecule has 1 aromatic heterocycles. The Bertz CT molecular complexity index is 1050. The lowest BCUT2D eigenvalue weighted by Gasteiger charge is -2.13. The number of amides is 1. The molecule has 2 N–H and O–H groups in total. The lowest BCUT2D eigenvalue weighted by Crippen LogP contribution is -2.14. The van der Waals surface area contributed by atoms with E-state index in [1.165, 1.54) is 31.3 Å². The minimum absolute atomic E-state index is 0.0558. The number of hydrogen-bond donors (Lipinski definition) is 1. The number of rotatable bonds is 4. The van der Waals surface area contributed by atoms with E-state index in [1.54, 1.807) is 0 Å². The molecule has 0 radical (unpaired) electrons. The van der Waals surface area contributed by atoms with Crippen LogP contribution in [0.2, 0.25) is 0 Å². The lowest BCUT2D eigenvalue weighted by atomic mass is 9.94. The molecule has 0 bridgehead atoms. The second-order valence-corrected chi connectivity index (χ2v) is 5.67. The fourth-order valence-corrected chi connectivity index (χ4v) is 2.91. The molecule has 0 atom stereocenters. The molecular formula is C18H12F5N3O. The van der Waals surface area contributed by atoms with Crippen molar-refractivity contribution >= 4 is 5.91 Å². The fraction of sp³-hybridized carbons (Fsp3) is 0.111. The number of nitrogens with two attached hydrogens (primary N) is 1. The normalized spacial score (nSPS) is 11.2. The van der Waals surface area contributed by atoms with Crippen LogP contribution in [0.1, 0.15) is 22.5 Å². The molecule has 0 saturated heterocycles. The van der Waals surface area contributed by atoms with Crippen molar-refractivity contribution in [2.45, 2.75) is 6.43 Å². The highest BCUT2D eigenvalue weighted by molar-refractivity contribution is 6.02. The quantitative estimate of drug-likeness (QED) is 0.544. The van der Waals surface area contributed by atoms with Crippen LogP contribution in [0.5, 0.6) is 0 Å². The van der Waals surface area contributed by atoms with E-state index in [9.17, 15) is 26.7 Å². The molecule has 1 amide bonds. The van der Waals surface area contributed by atoms with Crippen LogP contribution in [-0.2, 0) is 7.05 Å². The molecule has 2 aromatic carbocycles. The summed E-state index contributed by atoms with van der Waals surface area (Å²) in [6.45, 7) is 0. The number of carbonyl (C=O) groups excluding carboxylic acids is 1. The summed E-state index contributed by atoms with van der Waals surface area (Å²) in [5, 5.41) is 3.63. The number of aryl methyl sites for hydroxylation is 1. The Balaban J connectivity index is 2.34. The molecule has 1 heterocycles. The van der Waals surface area contributed by atoms with Gasteiger partial charge < -0.3 is 5.73 Å². The summed E-state index contributed by atoms with van der Waals surface area (Å²) in [6.07, 6.45) is -3.07. The van der Waals surface area contributed by atoms with Crippen LogP contribution in [0.4, 0.5) is 22.0 Å². The highest BCUT2D eigenvalue weighted by Gasteiger charge is 2.29. The first kappa shape index (κ1) is 18.6. The summed E-state index contributed by atoms with van der Waals surface area (Å²) < 4.78 is 68.7. The molecule has 0 unspecified atom stereocenters. The third kappa shape index (κ3) is 3.05. The van der Waals surface area contributed by atoms with Crippen LogP contribution >= 0.6 is 0 Å². The summed E-state index contributed by atoms with van der Waals surface area (Å²) in [6, 6.07) is 7.55. The van der Waals surface area contributed by atoms with Gasteiger partial charge in [-0.05, 0) is 17.7 Å². The van der Waals surface area contributed by atoms with E-state index in [1.807, 2.05) is 0 Å². The van der Waals surface area contributed by atoms with Gasteiger partial charge in [0.15, 0.2) is 17.5 Å². The van der Waals surface area contributed by atoms with E-state index in [0.29, 0.717) is 0 Å². The van der Waals surface area contributed by atoms with E-state index in [4.69, 9.17) is 5.73 Å². The van der Waals surface area contributed by atoms with Crippen molar-refractivity contribution in [3.05, 3.63) is 65.1 Å². The lowest BCUT2D eigenvalue weighted by molar-refractivity contribution is 0.0985. The molecule has 0 aliphatic rings. The second-order valence-electron chi connectivity index (χ2n) is 5.67. The van der Waals surface area contributed by atoms with Gasteiger partial charge >= 0.3 is 0 Å². The molecule has 0 spiro atoms. The van der Waals surface area contributed by atoms with Gasteiger partial charge in [-0.25, -0.2) is 22.0 Å². The number of nitrogens with zero attached hydrogens (tertiary/aromatic N) is 2. The number of alkyl halides is 2. The first-order valence-corrected chi connectivity index (χ1v) is 7.62. The van der Waals surface area contributed by atoms with Crippen molar-refractivity contribution in [1.82, 2.24) is 9.78 Å². The van der Waals surface area contributed by atoms with Crippen molar-refractivity contribution in [2.24, 2.45) is 12.8 Å². The highest BCUT2D eigenvalue weighted by Crippen LogP contribution is 2.38. The number of carbonyl (C=O) groups is 1. The Hall–Kier alpha value is -3.23. The van der Waals surface area contributed by atoms with E-state index >= 15 is 0 Å². The number of aromatic nitrogens is 2. The zero-order valence-electron chi connectivity index (χ0n) is 13.8. The van der Waals surface area contributed by atoms with E-state index in [2.05, 4.69) is 5.10 Å². The van der Waals surface area contributed by atoms with Gasteiger partial charge in [0.1, 0.15) is 5.69 Å². The predicted octanol–water partition coefficient (Wildman–Crippen LogP) is 4.21. The predicted molar refractivity (Wildman–Crippen MR) is 87.4 cm³/mol. The summed E-state index contributed by atoms with van der Waals surface area (Å²) in [7, 11) is 1.31. The van der Waals surface area contributed by atoms with Crippen LogP contribution in [0.3, 0.4) is 0 Å². The molecule has 0 aliphatic carbocycles. The zero-order valence-corrected chi connectivity index (χ0v) is 13.8. The van der Waals surface area contributed by atoms with E-state index in [-0.39, 0.29) is 22.4 Å². The van der Waals surface area contributed by atoms with Gasteiger partial charge in [-0.3, -0.25) is 9.48 Å².